The van der Waals surface area contributed by atoms with Crippen LogP contribution in [0.4, 0.5) is 0 Å². The molecular weight excluding hydrogens is 460 g/mol. The predicted octanol–water partition coefficient (Wildman–Crippen LogP) is 4.53. The Kier molecular flexibility index (Phi) is 6.03. The Balaban J connectivity index is 2.05. The fourth-order valence-corrected chi connectivity index (χ4v) is 7.38. The molecule has 4 N–H and O–H groups in total. The van der Waals surface area contributed by atoms with E-state index < -0.39 is 56.8 Å². The van der Waals surface area contributed by atoms with Crippen LogP contribution in [0.3, 0.4) is 0 Å². The number of Topliss-reactive ketones (excluding diaryl/α,β-unsaturated/α-hetero) is 3. The summed E-state index contributed by atoms with van der Waals surface area (Å²) in [7, 11) is 0. The summed E-state index contributed by atoms with van der Waals surface area (Å²) in [5.74, 6) is -5.04. The van der Waals surface area contributed by atoms with Crippen LogP contribution >= 0.6 is 0 Å². The Morgan fingerprint density at radius 1 is 1.14 bits per heavy atom. The van der Waals surface area contributed by atoms with E-state index in [2.05, 4.69) is 6.92 Å². The molecule has 3 aliphatic carbocycles. The lowest BCUT2D eigenvalue weighted by Crippen LogP contribution is -2.69. The fourth-order valence-electron chi connectivity index (χ4n) is 7.38. The summed E-state index contributed by atoms with van der Waals surface area (Å²) in [5, 5.41) is 45.3. The Labute approximate surface area is 211 Å². The van der Waals surface area contributed by atoms with Gasteiger partial charge in [0.1, 0.15) is 22.8 Å². The number of aromatic hydroxyl groups is 1. The average Bonchev–Trinajstić information content (AvgIpc) is 2.75. The zero-order chi connectivity index (χ0) is 27.0. The number of carbonyl (C=O) groups excluding carboxylic acids is 3. The summed E-state index contributed by atoms with van der Waals surface area (Å²) in [5.41, 5.74) is -3.76. The van der Waals surface area contributed by atoms with Crippen LogP contribution in [0.1, 0.15) is 77.5 Å². The third-order valence-corrected chi connectivity index (χ3v) is 8.78. The molecule has 194 valence electrons. The number of hydrogen-bond donors (Lipinski definition) is 4. The quantitative estimate of drug-likeness (QED) is 0.440. The van der Waals surface area contributed by atoms with Gasteiger partial charge in [-0.3, -0.25) is 14.4 Å². The van der Waals surface area contributed by atoms with Crippen molar-refractivity contribution in [2.45, 2.75) is 79.2 Å². The highest BCUT2D eigenvalue weighted by molar-refractivity contribution is 6.24. The maximum atomic E-state index is 14.2. The first-order chi connectivity index (χ1) is 16.7. The van der Waals surface area contributed by atoms with Gasteiger partial charge in [0.2, 0.25) is 5.78 Å². The van der Waals surface area contributed by atoms with Crippen LogP contribution in [0, 0.1) is 22.7 Å². The van der Waals surface area contributed by atoms with Crippen molar-refractivity contribution in [3.63, 3.8) is 0 Å². The summed E-state index contributed by atoms with van der Waals surface area (Å²) in [4.78, 5) is 40.1. The van der Waals surface area contributed by atoms with Gasteiger partial charge in [0, 0.05) is 22.3 Å². The first kappa shape index (κ1) is 26.1. The molecule has 1 fully saturated rings. The lowest BCUT2D eigenvalue weighted by Gasteiger charge is -2.59. The second-order valence-corrected chi connectivity index (χ2v) is 11.7. The van der Waals surface area contributed by atoms with Crippen LogP contribution in [0.25, 0.3) is 5.76 Å². The molecule has 0 amide bonds. The lowest BCUT2D eigenvalue weighted by atomic mass is 9.43. The van der Waals surface area contributed by atoms with E-state index >= 15 is 0 Å². The second-order valence-electron chi connectivity index (χ2n) is 11.7. The molecule has 7 nitrogen and oxygen atoms in total. The molecule has 0 aromatic heterocycles. The van der Waals surface area contributed by atoms with Gasteiger partial charge < -0.3 is 20.4 Å². The van der Waals surface area contributed by atoms with Crippen molar-refractivity contribution in [2.24, 2.45) is 22.7 Å². The van der Waals surface area contributed by atoms with Gasteiger partial charge in [0.05, 0.1) is 5.56 Å². The van der Waals surface area contributed by atoms with Gasteiger partial charge >= 0.3 is 0 Å². The molecule has 36 heavy (non-hydrogen) atoms. The van der Waals surface area contributed by atoms with Crippen LogP contribution in [-0.4, -0.2) is 43.4 Å². The molecule has 3 aliphatic rings. The molecule has 0 saturated heterocycles. The number of aryl methyl sites for hydroxylation is 1. The van der Waals surface area contributed by atoms with E-state index in [4.69, 9.17) is 0 Å². The fraction of sp³-hybridized carbons (Fsp3) is 0.552. The Hall–Kier alpha value is -2.93. The van der Waals surface area contributed by atoms with Crippen molar-refractivity contribution in [3.8, 4) is 5.75 Å². The highest BCUT2D eigenvalue weighted by Gasteiger charge is 2.72. The number of benzene rings is 1. The van der Waals surface area contributed by atoms with Gasteiger partial charge in [-0.2, -0.15) is 0 Å². The summed E-state index contributed by atoms with van der Waals surface area (Å²) >= 11 is 0. The first-order valence-corrected chi connectivity index (χ1v) is 12.7. The minimum Gasteiger partial charge on any atom is -0.508 e. The van der Waals surface area contributed by atoms with Crippen LogP contribution in [-0.2, 0) is 27.2 Å². The van der Waals surface area contributed by atoms with Gasteiger partial charge in [-0.25, -0.2) is 0 Å². The minimum absolute atomic E-state index is 0.0933. The monoisotopic (exact) mass is 496 g/mol. The molecule has 0 aliphatic heterocycles. The number of ketones is 3. The third-order valence-electron chi connectivity index (χ3n) is 8.78. The van der Waals surface area contributed by atoms with E-state index in [0.717, 1.165) is 37.3 Å². The largest absolute Gasteiger partial charge is 0.508 e. The molecule has 4 rings (SSSR count). The maximum Gasteiger partial charge on any atom is 0.203 e. The first-order valence-electron chi connectivity index (χ1n) is 12.7. The van der Waals surface area contributed by atoms with E-state index in [1.54, 1.807) is 20.8 Å². The number of hydrogen-bond acceptors (Lipinski definition) is 7. The smallest absolute Gasteiger partial charge is 0.203 e. The van der Waals surface area contributed by atoms with E-state index in [1.165, 1.54) is 6.07 Å². The zero-order valence-corrected chi connectivity index (χ0v) is 21.9. The van der Waals surface area contributed by atoms with Gasteiger partial charge in [-0.1, -0.05) is 47.1 Å². The topological polar surface area (TPSA) is 132 Å². The van der Waals surface area contributed by atoms with Gasteiger partial charge in [0.15, 0.2) is 17.2 Å². The number of rotatable bonds is 5. The summed E-state index contributed by atoms with van der Waals surface area (Å²) in [6.45, 7) is 10.2. The van der Waals surface area contributed by atoms with Gasteiger partial charge in [0.25, 0.3) is 0 Å². The van der Waals surface area contributed by atoms with Crippen molar-refractivity contribution >= 4 is 23.1 Å². The second kappa shape index (κ2) is 8.30. The van der Waals surface area contributed by atoms with Crippen molar-refractivity contribution in [2.75, 3.05) is 0 Å². The highest BCUT2D eigenvalue weighted by Crippen LogP contribution is 2.65. The molecule has 1 aromatic rings. The minimum atomic E-state index is -2.58. The van der Waals surface area contributed by atoms with E-state index in [0.29, 0.717) is 6.42 Å². The number of aliphatic hydroxyl groups excluding tert-OH is 2. The normalized spacial score (nSPS) is 31.9. The van der Waals surface area contributed by atoms with E-state index in [1.807, 2.05) is 13.0 Å². The van der Waals surface area contributed by atoms with Crippen LogP contribution in [0.15, 0.2) is 29.0 Å². The highest BCUT2D eigenvalue weighted by atomic mass is 16.3. The van der Waals surface area contributed by atoms with Gasteiger partial charge in [-0.15, -0.1) is 0 Å². The summed E-state index contributed by atoms with van der Waals surface area (Å²) < 4.78 is 0. The van der Waals surface area contributed by atoms with Crippen molar-refractivity contribution < 1.29 is 34.8 Å². The lowest BCUT2D eigenvalue weighted by molar-refractivity contribution is -0.178. The molecule has 4 atom stereocenters. The molecule has 0 bridgehead atoms. The van der Waals surface area contributed by atoms with Crippen molar-refractivity contribution in [3.05, 3.63) is 45.7 Å². The molecule has 1 unspecified atom stereocenters. The maximum absolute atomic E-state index is 14.2. The summed E-state index contributed by atoms with van der Waals surface area (Å²) in [6.07, 6.45) is 3.04. The van der Waals surface area contributed by atoms with E-state index in [9.17, 15) is 34.8 Å². The van der Waals surface area contributed by atoms with Crippen LogP contribution in [0.5, 0.6) is 5.75 Å². The average molecular weight is 497 g/mol. The zero-order valence-electron chi connectivity index (χ0n) is 21.9. The molecule has 0 heterocycles. The van der Waals surface area contributed by atoms with Crippen LogP contribution in [0.2, 0.25) is 0 Å². The van der Waals surface area contributed by atoms with Crippen LogP contribution < -0.4 is 0 Å². The number of unbranched alkanes of at least 4 members (excludes halogenated alkanes) is 1. The molecule has 0 spiro atoms. The van der Waals surface area contributed by atoms with Gasteiger partial charge in [-0.05, 0) is 55.7 Å². The molecule has 7 heteroatoms. The molecule has 1 aromatic carbocycles. The Bertz CT molecular complexity index is 1250. The molecule has 0 radical (unpaired) electrons. The Morgan fingerprint density at radius 3 is 2.33 bits per heavy atom. The standard InChI is InChI=1S/C29H36O7/c1-7-8-9-16-10-11-18(31)20-17(16)12-27(5)13-28(6)21(14(2)3)23(32)19(15(4)30)25(34)29(28,36)26(35)22(27)24(20)33/h10-11,14,21,31,33-34,36H,7-9,12-13H2,1-6H3/t21?,27-,28-,29+/m1/s1. The van der Waals surface area contributed by atoms with Crippen molar-refractivity contribution in [1.82, 2.24) is 0 Å². The molecular formula is C29H36O7. The number of aliphatic hydroxyl groups is 3. The van der Waals surface area contributed by atoms with Crippen molar-refractivity contribution in [1.29, 1.82) is 0 Å². The number of carbonyl (C=O) groups is 3. The molecule has 1 saturated carbocycles. The Morgan fingerprint density at radius 2 is 1.78 bits per heavy atom. The number of phenols is 1. The summed E-state index contributed by atoms with van der Waals surface area (Å²) in [6, 6.07) is 3.33. The van der Waals surface area contributed by atoms with E-state index in [-0.39, 0.29) is 29.2 Å². The predicted molar refractivity (Wildman–Crippen MR) is 134 cm³/mol. The number of allylic oxidation sites excluding steroid dienone is 1. The SMILES string of the molecule is CCCCc1ccc(O)c2c1C[C@]1(C)C[C@]3(C)C(C(C)C)C(=O)C(C(C)=O)=C(O)[C@]3(O)C(=O)C1=C2O. The number of fused-ring (bicyclic) bond motifs is 3. The number of phenolic OH excluding ortho intramolecular Hbond substituents is 1. The third kappa shape index (κ3) is 3.17.